The fraction of sp³-hybridized carbons (Fsp3) is 0.600. The van der Waals surface area contributed by atoms with E-state index in [4.69, 9.17) is 0 Å². The zero-order chi connectivity index (χ0) is 13.5. The van der Waals surface area contributed by atoms with Crippen LogP contribution >= 0.6 is 0 Å². The van der Waals surface area contributed by atoms with Gasteiger partial charge >= 0.3 is 0 Å². The molecule has 2 rings (SSSR count). The predicted octanol–water partition coefficient (Wildman–Crippen LogP) is 2.82. The van der Waals surface area contributed by atoms with Crippen LogP contribution in [0.1, 0.15) is 48.9 Å². The molecule has 4 heteroatoms. The Morgan fingerprint density at radius 2 is 2.16 bits per heavy atom. The zero-order valence-electron chi connectivity index (χ0n) is 11.6. The maximum Gasteiger partial charge on any atom is 0.253 e. The lowest BCUT2D eigenvalue weighted by Crippen LogP contribution is -2.27. The van der Waals surface area contributed by atoms with Gasteiger partial charge in [0.2, 0.25) is 0 Å². The average molecular weight is 261 g/mol. The molecule has 0 bridgehead atoms. The molecule has 2 N–H and O–H groups in total. The minimum atomic E-state index is -0.0115. The van der Waals surface area contributed by atoms with Gasteiger partial charge in [0, 0.05) is 19.8 Å². The van der Waals surface area contributed by atoms with E-state index < -0.39 is 0 Å². The SMILES string of the molecule is CNc1cnccc1C(=O)NCCC1CCCCC1. The Morgan fingerprint density at radius 3 is 2.89 bits per heavy atom. The molecule has 1 heterocycles. The first kappa shape index (κ1) is 13.8. The van der Waals surface area contributed by atoms with Crippen LogP contribution in [0.5, 0.6) is 0 Å². The van der Waals surface area contributed by atoms with Gasteiger partial charge in [-0.15, -0.1) is 0 Å². The summed E-state index contributed by atoms with van der Waals surface area (Å²) >= 11 is 0. The van der Waals surface area contributed by atoms with Crippen LogP contribution in [0.2, 0.25) is 0 Å². The minimum absolute atomic E-state index is 0.0115. The summed E-state index contributed by atoms with van der Waals surface area (Å²) in [6.07, 6.45) is 11.2. The number of rotatable bonds is 5. The lowest BCUT2D eigenvalue weighted by atomic mass is 9.87. The molecule has 104 valence electrons. The number of aromatic nitrogens is 1. The summed E-state index contributed by atoms with van der Waals surface area (Å²) in [5.74, 6) is 0.790. The highest BCUT2D eigenvalue weighted by molar-refractivity contribution is 5.99. The lowest BCUT2D eigenvalue weighted by molar-refractivity contribution is 0.0951. The normalized spacial score (nSPS) is 16.1. The summed E-state index contributed by atoms with van der Waals surface area (Å²) in [5.41, 5.74) is 1.44. The molecule has 0 aliphatic heterocycles. The van der Waals surface area contributed by atoms with E-state index in [0.717, 1.165) is 24.6 Å². The number of amides is 1. The summed E-state index contributed by atoms with van der Waals surface area (Å²) in [7, 11) is 1.80. The number of anilines is 1. The molecule has 0 radical (unpaired) electrons. The highest BCUT2D eigenvalue weighted by Crippen LogP contribution is 2.25. The second kappa shape index (κ2) is 7.12. The van der Waals surface area contributed by atoms with Crippen molar-refractivity contribution in [3.05, 3.63) is 24.0 Å². The molecular formula is C15H23N3O. The number of nitrogens with one attached hydrogen (secondary N) is 2. The number of hydrogen-bond donors (Lipinski definition) is 2. The van der Waals surface area contributed by atoms with Gasteiger partial charge < -0.3 is 10.6 Å². The van der Waals surface area contributed by atoms with Crippen molar-refractivity contribution in [2.75, 3.05) is 18.9 Å². The number of carbonyl (C=O) groups is 1. The maximum atomic E-state index is 12.1. The molecule has 0 atom stereocenters. The second-order valence-electron chi connectivity index (χ2n) is 5.22. The monoisotopic (exact) mass is 261 g/mol. The highest BCUT2D eigenvalue weighted by atomic mass is 16.1. The zero-order valence-corrected chi connectivity index (χ0v) is 11.6. The summed E-state index contributed by atoms with van der Waals surface area (Å²) in [5, 5.41) is 6.01. The fourth-order valence-corrected chi connectivity index (χ4v) is 2.75. The number of nitrogens with zero attached hydrogens (tertiary/aromatic N) is 1. The number of carbonyl (C=O) groups excluding carboxylic acids is 1. The topological polar surface area (TPSA) is 54.0 Å². The van der Waals surface area contributed by atoms with Gasteiger partial charge in [0.25, 0.3) is 5.91 Å². The van der Waals surface area contributed by atoms with E-state index in [9.17, 15) is 4.79 Å². The summed E-state index contributed by atoms with van der Waals surface area (Å²) in [6.45, 7) is 0.773. The molecule has 0 saturated heterocycles. The molecule has 0 spiro atoms. The van der Waals surface area contributed by atoms with Crippen LogP contribution in [0, 0.1) is 5.92 Å². The van der Waals surface area contributed by atoms with Gasteiger partial charge in [-0.2, -0.15) is 0 Å². The first-order valence-electron chi connectivity index (χ1n) is 7.21. The molecule has 1 aliphatic carbocycles. The van der Waals surface area contributed by atoms with Gasteiger partial charge in [-0.25, -0.2) is 0 Å². The summed E-state index contributed by atoms with van der Waals surface area (Å²) in [6, 6.07) is 1.75. The molecule has 1 aliphatic rings. The largest absolute Gasteiger partial charge is 0.386 e. The van der Waals surface area contributed by atoms with Crippen LogP contribution in [0.25, 0.3) is 0 Å². The van der Waals surface area contributed by atoms with Gasteiger partial charge in [-0.3, -0.25) is 9.78 Å². The summed E-state index contributed by atoms with van der Waals surface area (Å²) < 4.78 is 0. The van der Waals surface area contributed by atoms with Crippen molar-refractivity contribution in [2.45, 2.75) is 38.5 Å². The minimum Gasteiger partial charge on any atom is -0.386 e. The Morgan fingerprint density at radius 1 is 1.37 bits per heavy atom. The Hall–Kier alpha value is -1.58. The smallest absolute Gasteiger partial charge is 0.253 e. The Balaban J connectivity index is 1.80. The van der Waals surface area contributed by atoms with E-state index in [1.807, 2.05) is 0 Å². The van der Waals surface area contributed by atoms with Crippen molar-refractivity contribution >= 4 is 11.6 Å². The lowest BCUT2D eigenvalue weighted by Gasteiger charge is -2.21. The molecule has 1 aromatic heterocycles. The predicted molar refractivity (Wildman–Crippen MR) is 77.3 cm³/mol. The van der Waals surface area contributed by atoms with Crippen molar-refractivity contribution in [2.24, 2.45) is 5.92 Å². The third kappa shape index (κ3) is 3.94. The third-order valence-corrected chi connectivity index (χ3v) is 3.90. The number of hydrogen-bond acceptors (Lipinski definition) is 3. The van der Waals surface area contributed by atoms with Crippen LogP contribution in [0.3, 0.4) is 0 Å². The van der Waals surface area contributed by atoms with Crippen LogP contribution in [0.15, 0.2) is 18.5 Å². The van der Waals surface area contributed by atoms with Crippen LogP contribution < -0.4 is 10.6 Å². The van der Waals surface area contributed by atoms with Crippen LogP contribution in [-0.2, 0) is 0 Å². The Kier molecular flexibility index (Phi) is 5.19. The standard InChI is InChI=1S/C15H23N3O/c1-16-14-11-17-9-8-13(14)15(19)18-10-7-12-5-3-2-4-6-12/h8-9,11-12,16H,2-7,10H2,1H3,(H,18,19). The van der Waals surface area contributed by atoms with Crippen molar-refractivity contribution in [1.29, 1.82) is 0 Å². The molecule has 1 fully saturated rings. The van der Waals surface area contributed by atoms with Crippen molar-refractivity contribution in [3.63, 3.8) is 0 Å². The maximum absolute atomic E-state index is 12.1. The third-order valence-electron chi connectivity index (χ3n) is 3.90. The molecule has 1 aromatic rings. The first-order chi connectivity index (χ1) is 9.31. The van der Waals surface area contributed by atoms with E-state index in [2.05, 4.69) is 15.6 Å². The van der Waals surface area contributed by atoms with Gasteiger partial charge in [0.05, 0.1) is 17.4 Å². The second-order valence-corrected chi connectivity index (χ2v) is 5.22. The first-order valence-corrected chi connectivity index (χ1v) is 7.21. The van der Waals surface area contributed by atoms with E-state index in [-0.39, 0.29) is 5.91 Å². The molecule has 0 unspecified atom stereocenters. The summed E-state index contributed by atoms with van der Waals surface area (Å²) in [4.78, 5) is 16.1. The highest BCUT2D eigenvalue weighted by Gasteiger charge is 2.14. The van der Waals surface area contributed by atoms with E-state index in [0.29, 0.717) is 5.56 Å². The van der Waals surface area contributed by atoms with Crippen molar-refractivity contribution in [1.82, 2.24) is 10.3 Å². The van der Waals surface area contributed by atoms with Gasteiger partial charge in [0.15, 0.2) is 0 Å². The van der Waals surface area contributed by atoms with E-state index >= 15 is 0 Å². The van der Waals surface area contributed by atoms with E-state index in [1.165, 1.54) is 32.1 Å². The molecule has 0 aromatic carbocycles. The number of pyridine rings is 1. The molecular weight excluding hydrogens is 238 g/mol. The fourth-order valence-electron chi connectivity index (χ4n) is 2.75. The van der Waals surface area contributed by atoms with Crippen LogP contribution in [0.4, 0.5) is 5.69 Å². The quantitative estimate of drug-likeness (QED) is 0.857. The molecule has 1 amide bonds. The molecule has 19 heavy (non-hydrogen) atoms. The molecule has 4 nitrogen and oxygen atoms in total. The average Bonchev–Trinajstić information content (AvgIpc) is 2.48. The van der Waals surface area contributed by atoms with E-state index in [1.54, 1.807) is 25.5 Å². The van der Waals surface area contributed by atoms with Crippen LogP contribution in [-0.4, -0.2) is 24.5 Å². The van der Waals surface area contributed by atoms with Crippen molar-refractivity contribution < 1.29 is 4.79 Å². The van der Waals surface area contributed by atoms with Gasteiger partial charge in [-0.05, 0) is 18.4 Å². The molecule has 1 saturated carbocycles. The van der Waals surface area contributed by atoms with Gasteiger partial charge in [-0.1, -0.05) is 32.1 Å². The van der Waals surface area contributed by atoms with Gasteiger partial charge in [0.1, 0.15) is 0 Å². The Bertz CT molecular complexity index is 414. The van der Waals surface area contributed by atoms with Crippen molar-refractivity contribution in [3.8, 4) is 0 Å². The Labute approximate surface area is 115 Å².